The van der Waals surface area contributed by atoms with Gasteiger partial charge in [0, 0.05) is 10.7 Å². The zero-order chi connectivity index (χ0) is 14.3. The van der Waals surface area contributed by atoms with Crippen LogP contribution in [0.15, 0.2) is 34.9 Å². The van der Waals surface area contributed by atoms with Gasteiger partial charge in [0.25, 0.3) is 0 Å². The summed E-state index contributed by atoms with van der Waals surface area (Å²) >= 11 is 15.6. The SMILES string of the molecule is Cc1cccc(-n2c(CCl)nc3cc(Cl)cnc32)c1Br. The van der Waals surface area contributed by atoms with Crippen LogP contribution >= 0.6 is 39.1 Å². The molecule has 0 saturated carbocycles. The molecule has 2 aromatic heterocycles. The van der Waals surface area contributed by atoms with Gasteiger partial charge in [0.2, 0.25) is 0 Å². The van der Waals surface area contributed by atoms with Gasteiger partial charge in [0.1, 0.15) is 11.3 Å². The van der Waals surface area contributed by atoms with E-state index in [-0.39, 0.29) is 0 Å². The second-order valence-electron chi connectivity index (χ2n) is 4.40. The third-order valence-corrected chi connectivity index (χ3v) is 4.54. The van der Waals surface area contributed by atoms with E-state index in [0.717, 1.165) is 32.7 Å². The van der Waals surface area contributed by atoms with Crippen LogP contribution in [0.3, 0.4) is 0 Å². The van der Waals surface area contributed by atoms with Crippen molar-refractivity contribution in [2.75, 3.05) is 0 Å². The van der Waals surface area contributed by atoms with Crippen molar-refractivity contribution >= 4 is 50.3 Å². The summed E-state index contributed by atoms with van der Waals surface area (Å²) in [6, 6.07) is 7.83. The molecule has 1 aromatic carbocycles. The first kappa shape index (κ1) is 13.9. The van der Waals surface area contributed by atoms with E-state index in [0.29, 0.717) is 10.9 Å². The zero-order valence-electron chi connectivity index (χ0n) is 10.6. The minimum absolute atomic E-state index is 0.300. The summed E-state index contributed by atoms with van der Waals surface area (Å²) in [4.78, 5) is 8.89. The number of imidazole rings is 1. The molecule has 0 unspecified atom stereocenters. The summed E-state index contributed by atoms with van der Waals surface area (Å²) < 4.78 is 2.96. The highest BCUT2D eigenvalue weighted by Gasteiger charge is 2.15. The average Bonchev–Trinajstić information content (AvgIpc) is 2.79. The van der Waals surface area contributed by atoms with Gasteiger partial charge in [-0.3, -0.25) is 4.57 Å². The monoisotopic (exact) mass is 369 g/mol. The summed E-state index contributed by atoms with van der Waals surface area (Å²) in [6.45, 7) is 2.04. The first-order valence-corrected chi connectivity index (χ1v) is 7.66. The van der Waals surface area contributed by atoms with E-state index in [9.17, 15) is 0 Å². The predicted octanol–water partition coefficient (Wildman–Crippen LogP) is 4.88. The fourth-order valence-electron chi connectivity index (χ4n) is 2.13. The second kappa shape index (κ2) is 5.35. The van der Waals surface area contributed by atoms with E-state index < -0.39 is 0 Å². The molecule has 0 N–H and O–H groups in total. The molecule has 0 aliphatic carbocycles. The maximum absolute atomic E-state index is 6.03. The highest BCUT2D eigenvalue weighted by Crippen LogP contribution is 2.29. The number of aryl methyl sites for hydroxylation is 1. The molecule has 0 amide bonds. The molecule has 0 aliphatic rings. The number of aromatic nitrogens is 3. The largest absolute Gasteiger partial charge is 0.279 e. The van der Waals surface area contributed by atoms with Gasteiger partial charge in [-0.2, -0.15) is 0 Å². The predicted molar refractivity (Wildman–Crippen MR) is 85.9 cm³/mol. The third-order valence-electron chi connectivity index (χ3n) is 3.07. The molecule has 0 radical (unpaired) electrons. The summed E-state index contributed by atoms with van der Waals surface area (Å²) in [7, 11) is 0. The second-order valence-corrected chi connectivity index (χ2v) is 5.90. The van der Waals surface area contributed by atoms with Crippen molar-refractivity contribution in [3.8, 4) is 5.69 Å². The number of halogens is 3. The van der Waals surface area contributed by atoms with Gasteiger partial charge in [-0.15, -0.1) is 11.6 Å². The smallest absolute Gasteiger partial charge is 0.164 e. The number of pyridine rings is 1. The quantitative estimate of drug-likeness (QED) is 0.601. The average molecular weight is 371 g/mol. The van der Waals surface area contributed by atoms with Gasteiger partial charge in [0.05, 0.1) is 16.6 Å². The van der Waals surface area contributed by atoms with Crippen molar-refractivity contribution < 1.29 is 0 Å². The van der Waals surface area contributed by atoms with E-state index in [1.54, 1.807) is 12.3 Å². The minimum Gasteiger partial charge on any atom is -0.279 e. The number of rotatable bonds is 2. The summed E-state index contributed by atoms with van der Waals surface area (Å²) in [5.41, 5.74) is 3.59. The van der Waals surface area contributed by atoms with Crippen molar-refractivity contribution in [3.05, 3.63) is 51.3 Å². The van der Waals surface area contributed by atoms with Crippen molar-refractivity contribution in [1.82, 2.24) is 14.5 Å². The Balaban J connectivity index is 2.37. The van der Waals surface area contributed by atoms with Gasteiger partial charge in [-0.05, 0) is 40.5 Å². The van der Waals surface area contributed by atoms with Crippen LogP contribution in [-0.2, 0) is 5.88 Å². The van der Waals surface area contributed by atoms with E-state index in [1.807, 2.05) is 29.7 Å². The van der Waals surface area contributed by atoms with Crippen LogP contribution in [0.2, 0.25) is 5.02 Å². The van der Waals surface area contributed by atoms with Gasteiger partial charge < -0.3 is 0 Å². The van der Waals surface area contributed by atoms with Gasteiger partial charge in [-0.25, -0.2) is 9.97 Å². The topological polar surface area (TPSA) is 30.7 Å². The molecule has 0 aliphatic heterocycles. The van der Waals surface area contributed by atoms with Crippen LogP contribution in [0, 0.1) is 6.92 Å². The lowest BCUT2D eigenvalue weighted by molar-refractivity contribution is 0.963. The Morgan fingerprint density at radius 2 is 2.15 bits per heavy atom. The molecule has 3 rings (SSSR count). The van der Waals surface area contributed by atoms with Crippen molar-refractivity contribution in [2.24, 2.45) is 0 Å². The number of hydrogen-bond donors (Lipinski definition) is 0. The number of alkyl halides is 1. The normalized spacial score (nSPS) is 11.2. The molecule has 6 heteroatoms. The molecule has 2 heterocycles. The van der Waals surface area contributed by atoms with Gasteiger partial charge >= 0.3 is 0 Å². The van der Waals surface area contributed by atoms with E-state index >= 15 is 0 Å². The number of benzene rings is 1. The molecule has 0 bridgehead atoms. The molecular formula is C14H10BrCl2N3. The molecule has 0 atom stereocenters. The first-order valence-electron chi connectivity index (χ1n) is 5.96. The molecular weight excluding hydrogens is 361 g/mol. The van der Waals surface area contributed by atoms with Crippen molar-refractivity contribution in [3.63, 3.8) is 0 Å². The van der Waals surface area contributed by atoms with Crippen LogP contribution in [0.4, 0.5) is 0 Å². The first-order chi connectivity index (χ1) is 9.61. The molecule has 20 heavy (non-hydrogen) atoms. The third kappa shape index (κ3) is 2.22. The highest BCUT2D eigenvalue weighted by molar-refractivity contribution is 9.10. The zero-order valence-corrected chi connectivity index (χ0v) is 13.7. The maximum atomic E-state index is 6.03. The Bertz CT molecular complexity index is 798. The maximum Gasteiger partial charge on any atom is 0.164 e. The number of hydrogen-bond acceptors (Lipinski definition) is 2. The van der Waals surface area contributed by atoms with Gasteiger partial charge in [0.15, 0.2) is 5.65 Å². The van der Waals surface area contributed by atoms with Crippen LogP contribution in [0.1, 0.15) is 11.4 Å². The Kier molecular flexibility index (Phi) is 3.71. The molecule has 3 nitrogen and oxygen atoms in total. The van der Waals surface area contributed by atoms with E-state index in [4.69, 9.17) is 23.2 Å². The summed E-state index contributed by atoms with van der Waals surface area (Å²) in [6.07, 6.45) is 1.61. The van der Waals surface area contributed by atoms with Gasteiger partial charge in [-0.1, -0.05) is 23.7 Å². The minimum atomic E-state index is 0.300. The number of fused-ring (bicyclic) bond motifs is 1. The Morgan fingerprint density at radius 1 is 1.35 bits per heavy atom. The van der Waals surface area contributed by atoms with Crippen LogP contribution < -0.4 is 0 Å². The Hall–Kier alpha value is -1.10. The molecule has 0 spiro atoms. The van der Waals surface area contributed by atoms with Crippen LogP contribution in [-0.4, -0.2) is 14.5 Å². The Labute approximate surface area is 134 Å². The van der Waals surface area contributed by atoms with E-state index in [1.165, 1.54) is 0 Å². The highest BCUT2D eigenvalue weighted by atomic mass is 79.9. The van der Waals surface area contributed by atoms with Crippen LogP contribution in [0.5, 0.6) is 0 Å². The lowest BCUT2D eigenvalue weighted by Crippen LogP contribution is -2.02. The fourth-order valence-corrected chi connectivity index (χ4v) is 2.91. The van der Waals surface area contributed by atoms with Crippen LogP contribution in [0.25, 0.3) is 16.9 Å². The molecule has 3 aromatic rings. The van der Waals surface area contributed by atoms with E-state index in [2.05, 4.69) is 25.9 Å². The Morgan fingerprint density at radius 3 is 2.90 bits per heavy atom. The molecule has 0 saturated heterocycles. The van der Waals surface area contributed by atoms with Crippen molar-refractivity contribution in [1.29, 1.82) is 0 Å². The molecule has 0 fully saturated rings. The lowest BCUT2D eigenvalue weighted by atomic mass is 10.2. The van der Waals surface area contributed by atoms with Crippen molar-refractivity contribution in [2.45, 2.75) is 12.8 Å². The summed E-state index contributed by atoms with van der Waals surface area (Å²) in [5.74, 6) is 1.04. The lowest BCUT2D eigenvalue weighted by Gasteiger charge is -2.11. The molecule has 102 valence electrons. The summed E-state index contributed by atoms with van der Waals surface area (Å²) in [5, 5.41) is 0.562. The fraction of sp³-hybridized carbons (Fsp3) is 0.143. The standard InChI is InChI=1S/C14H10BrCl2N3/c1-8-3-2-4-11(13(8)15)20-12(6-16)19-10-5-9(17)7-18-14(10)20/h2-5,7H,6H2,1H3. The number of nitrogens with zero attached hydrogens (tertiary/aromatic N) is 3.